The van der Waals surface area contributed by atoms with Gasteiger partial charge < -0.3 is 9.84 Å². The predicted molar refractivity (Wildman–Crippen MR) is 35.6 cm³/mol. The van der Waals surface area contributed by atoms with Crippen LogP contribution >= 0.6 is 0 Å². The molecule has 1 saturated carbocycles. The first-order chi connectivity index (χ1) is 5.39. The van der Waals surface area contributed by atoms with Gasteiger partial charge in [-0.05, 0) is 19.8 Å². The van der Waals surface area contributed by atoms with Crippen molar-refractivity contribution in [1.29, 1.82) is 0 Å². The van der Waals surface area contributed by atoms with E-state index in [0.717, 1.165) is 6.92 Å². The number of hydrogen-bond acceptors (Lipinski definition) is 2. The van der Waals surface area contributed by atoms with E-state index in [0.29, 0.717) is 12.8 Å². The first kappa shape index (κ1) is 9.80. The molecular formula is C7H11F3O2. The van der Waals surface area contributed by atoms with Gasteiger partial charge in [0.2, 0.25) is 0 Å². The molecule has 0 saturated heterocycles. The van der Waals surface area contributed by atoms with Gasteiger partial charge in [-0.15, -0.1) is 0 Å². The Morgan fingerprint density at radius 2 is 1.92 bits per heavy atom. The first-order valence-corrected chi connectivity index (χ1v) is 3.80. The molecule has 1 N–H and O–H groups in total. The number of rotatable bonds is 2. The fourth-order valence-electron chi connectivity index (χ4n) is 1.01. The van der Waals surface area contributed by atoms with Gasteiger partial charge in [0, 0.05) is 0 Å². The molecule has 0 aromatic carbocycles. The van der Waals surface area contributed by atoms with Crippen LogP contribution < -0.4 is 0 Å². The second kappa shape index (κ2) is 3.22. The normalized spacial score (nSPS) is 32.8. The van der Waals surface area contributed by atoms with Crippen molar-refractivity contribution in [2.75, 3.05) is 0 Å². The molecule has 72 valence electrons. The number of halogens is 3. The third-order valence-corrected chi connectivity index (χ3v) is 1.93. The van der Waals surface area contributed by atoms with Crippen molar-refractivity contribution in [3.8, 4) is 0 Å². The molecule has 0 bridgehead atoms. The Morgan fingerprint density at radius 1 is 1.42 bits per heavy atom. The topological polar surface area (TPSA) is 29.5 Å². The lowest BCUT2D eigenvalue weighted by Gasteiger charge is -2.33. The summed E-state index contributed by atoms with van der Waals surface area (Å²) in [5.74, 6) is 0. The van der Waals surface area contributed by atoms with E-state index in [9.17, 15) is 13.2 Å². The third-order valence-electron chi connectivity index (χ3n) is 1.93. The van der Waals surface area contributed by atoms with E-state index < -0.39 is 24.5 Å². The van der Waals surface area contributed by atoms with Crippen LogP contribution in [0, 0.1) is 0 Å². The van der Waals surface area contributed by atoms with Gasteiger partial charge in [0.15, 0.2) is 6.10 Å². The van der Waals surface area contributed by atoms with Crippen LogP contribution in [0.1, 0.15) is 19.8 Å². The summed E-state index contributed by atoms with van der Waals surface area (Å²) in [5.41, 5.74) is 0. The lowest BCUT2D eigenvalue weighted by molar-refractivity contribution is -0.241. The monoisotopic (exact) mass is 184 g/mol. The maximum atomic E-state index is 11.9. The zero-order chi connectivity index (χ0) is 9.35. The SMILES string of the molecule is CC(OC1CC(O)C1)C(F)(F)F. The predicted octanol–water partition coefficient (Wildman–Crippen LogP) is 1.48. The molecule has 1 fully saturated rings. The van der Waals surface area contributed by atoms with Gasteiger partial charge in [0.05, 0.1) is 12.2 Å². The first-order valence-electron chi connectivity index (χ1n) is 3.80. The van der Waals surface area contributed by atoms with Gasteiger partial charge in [-0.2, -0.15) is 13.2 Å². The number of ether oxygens (including phenoxy) is 1. The summed E-state index contributed by atoms with van der Waals surface area (Å²) >= 11 is 0. The standard InChI is InChI=1S/C7H11F3O2/c1-4(7(8,9)10)12-6-2-5(11)3-6/h4-6,11H,2-3H2,1H3. The van der Waals surface area contributed by atoms with Crippen LogP contribution in [0.25, 0.3) is 0 Å². The minimum atomic E-state index is -4.29. The fourth-order valence-corrected chi connectivity index (χ4v) is 1.01. The largest absolute Gasteiger partial charge is 0.414 e. The van der Waals surface area contributed by atoms with Crippen molar-refractivity contribution in [3.63, 3.8) is 0 Å². The van der Waals surface area contributed by atoms with Crippen LogP contribution in [0.2, 0.25) is 0 Å². The number of alkyl halides is 3. The molecule has 0 amide bonds. The molecule has 0 aromatic rings. The molecule has 5 heteroatoms. The maximum Gasteiger partial charge on any atom is 0.414 e. The summed E-state index contributed by atoms with van der Waals surface area (Å²) < 4.78 is 40.3. The molecule has 0 heterocycles. The molecule has 0 radical (unpaired) electrons. The number of aliphatic hydroxyl groups is 1. The summed E-state index contributed by atoms with van der Waals surface area (Å²) in [7, 11) is 0. The van der Waals surface area contributed by atoms with Gasteiger partial charge in [-0.1, -0.05) is 0 Å². The summed E-state index contributed by atoms with van der Waals surface area (Å²) in [6, 6.07) is 0. The van der Waals surface area contributed by atoms with Crippen LogP contribution in [-0.4, -0.2) is 29.6 Å². The van der Waals surface area contributed by atoms with E-state index >= 15 is 0 Å². The van der Waals surface area contributed by atoms with Crippen molar-refractivity contribution in [2.45, 2.75) is 44.3 Å². The van der Waals surface area contributed by atoms with E-state index in [1.54, 1.807) is 0 Å². The number of aliphatic hydroxyl groups excluding tert-OH is 1. The molecule has 1 unspecified atom stereocenters. The second-order valence-corrected chi connectivity index (χ2v) is 3.07. The molecule has 1 atom stereocenters. The summed E-state index contributed by atoms with van der Waals surface area (Å²) in [6.07, 6.45) is -6.27. The minimum Gasteiger partial charge on any atom is -0.393 e. The van der Waals surface area contributed by atoms with Gasteiger partial charge >= 0.3 is 6.18 Å². The van der Waals surface area contributed by atoms with Crippen molar-refractivity contribution in [3.05, 3.63) is 0 Å². The second-order valence-electron chi connectivity index (χ2n) is 3.07. The zero-order valence-electron chi connectivity index (χ0n) is 6.64. The van der Waals surface area contributed by atoms with Crippen LogP contribution in [0.4, 0.5) is 13.2 Å². The molecular weight excluding hydrogens is 173 g/mol. The van der Waals surface area contributed by atoms with Crippen molar-refractivity contribution >= 4 is 0 Å². The smallest absolute Gasteiger partial charge is 0.393 e. The zero-order valence-corrected chi connectivity index (χ0v) is 6.64. The van der Waals surface area contributed by atoms with Crippen molar-refractivity contribution in [2.24, 2.45) is 0 Å². The summed E-state index contributed by atoms with van der Waals surface area (Å²) in [5, 5.41) is 8.77. The molecule has 0 aliphatic heterocycles. The van der Waals surface area contributed by atoms with Gasteiger partial charge in [-0.3, -0.25) is 0 Å². The molecule has 0 aromatic heterocycles. The Kier molecular flexibility index (Phi) is 2.63. The summed E-state index contributed by atoms with van der Waals surface area (Å²) in [6.45, 7) is 0.977. The van der Waals surface area contributed by atoms with Crippen LogP contribution in [-0.2, 0) is 4.74 Å². The number of hydrogen-bond donors (Lipinski definition) is 1. The average molecular weight is 184 g/mol. The Morgan fingerprint density at radius 3 is 2.25 bits per heavy atom. The minimum absolute atomic E-state index is 0.320. The van der Waals surface area contributed by atoms with E-state index in [-0.39, 0.29) is 0 Å². The lowest BCUT2D eigenvalue weighted by Crippen LogP contribution is -2.41. The maximum absolute atomic E-state index is 11.9. The summed E-state index contributed by atoms with van der Waals surface area (Å²) in [4.78, 5) is 0. The highest BCUT2D eigenvalue weighted by atomic mass is 19.4. The van der Waals surface area contributed by atoms with Gasteiger partial charge in [0.1, 0.15) is 0 Å². The van der Waals surface area contributed by atoms with Gasteiger partial charge in [-0.25, -0.2) is 0 Å². The van der Waals surface area contributed by atoms with E-state index in [1.807, 2.05) is 0 Å². The van der Waals surface area contributed by atoms with E-state index in [4.69, 9.17) is 5.11 Å². The van der Waals surface area contributed by atoms with Gasteiger partial charge in [0.25, 0.3) is 0 Å². The molecule has 1 aliphatic rings. The van der Waals surface area contributed by atoms with Crippen LogP contribution in [0.15, 0.2) is 0 Å². The van der Waals surface area contributed by atoms with E-state index in [2.05, 4.69) is 4.74 Å². The molecule has 12 heavy (non-hydrogen) atoms. The van der Waals surface area contributed by atoms with Crippen LogP contribution in [0.3, 0.4) is 0 Å². The van der Waals surface area contributed by atoms with E-state index in [1.165, 1.54) is 0 Å². The Labute approximate surface area is 68.3 Å². The quantitative estimate of drug-likeness (QED) is 0.704. The highest BCUT2D eigenvalue weighted by molar-refractivity contribution is 4.80. The highest BCUT2D eigenvalue weighted by Gasteiger charge is 2.40. The molecule has 2 nitrogen and oxygen atoms in total. The van der Waals surface area contributed by atoms with Crippen molar-refractivity contribution in [1.82, 2.24) is 0 Å². The molecule has 0 spiro atoms. The van der Waals surface area contributed by atoms with Crippen LogP contribution in [0.5, 0.6) is 0 Å². The third kappa shape index (κ3) is 2.35. The average Bonchev–Trinajstić information content (AvgIpc) is 1.82. The fraction of sp³-hybridized carbons (Fsp3) is 1.00. The molecule has 1 aliphatic carbocycles. The highest BCUT2D eigenvalue weighted by Crippen LogP contribution is 2.29. The Hall–Kier alpha value is -0.290. The Bertz CT molecular complexity index is 151. The lowest BCUT2D eigenvalue weighted by atomic mass is 9.92. The van der Waals surface area contributed by atoms with Crippen molar-refractivity contribution < 1.29 is 23.0 Å². The molecule has 1 rings (SSSR count). The Balaban J connectivity index is 2.23.